The topological polar surface area (TPSA) is 108 Å². The first-order chi connectivity index (χ1) is 8.00. The highest BCUT2D eigenvalue weighted by Crippen LogP contribution is 2.05. The van der Waals surface area contributed by atoms with E-state index in [1.54, 1.807) is 0 Å². The molecule has 3 atom stereocenters. The molecule has 1 aliphatic rings. The van der Waals surface area contributed by atoms with Gasteiger partial charge in [0.05, 0.1) is 18.8 Å². The van der Waals surface area contributed by atoms with E-state index in [9.17, 15) is 14.7 Å². The van der Waals surface area contributed by atoms with E-state index in [4.69, 9.17) is 9.84 Å². The minimum absolute atomic E-state index is 0.104. The maximum absolute atomic E-state index is 11.5. The number of urea groups is 1. The lowest BCUT2D eigenvalue weighted by Crippen LogP contribution is -2.54. The van der Waals surface area contributed by atoms with Crippen molar-refractivity contribution in [2.24, 2.45) is 0 Å². The van der Waals surface area contributed by atoms with Crippen LogP contribution >= 0.6 is 0 Å². The Balaban J connectivity index is 2.38. The molecule has 0 spiro atoms. The first-order valence-electron chi connectivity index (χ1n) is 5.56. The second-order valence-corrected chi connectivity index (χ2v) is 4.09. The summed E-state index contributed by atoms with van der Waals surface area (Å²) >= 11 is 0. The van der Waals surface area contributed by atoms with Crippen LogP contribution in [-0.4, -0.2) is 53.6 Å². The van der Waals surface area contributed by atoms with E-state index in [0.717, 1.165) is 12.8 Å². The predicted molar refractivity (Wildman–Crippen MR) is 58.6 cm³/mol. The van der Waals surface area contributed by atoms with E-state index in [-0.39, 0.29) is 6.04 Å². The summed E-state index contributed by atoms with van der Waals surface area (Å²) in [6.07, 6.45) is 0.518. The zero-order valence-electron chi connectivity index (χ0n) is 9.68. The lowest BCUT2D eigenvalue weighted by molar-refractivity contribution is -0.141. The molecule has 0 aromatic heterocycles. The fraction of sp³-hybridized carbons (Fsp3) is 0.800. The Kier molecular flexibility index (Phi) is 5.17. The molecule has 98 valence electrons. The van der Waals surface area contributed by atoms with Gasteiger partial charge < -0.3 is 25.6 Å². The van der Waals surface area contributed by atoms with Crippen LogP contribution in [0.4, 0.5) is 4.79 Å². The molecule has 0 saturated carbocycles. The summed E-state index contributed by atoms with van der Waals surface area (Å²) in [4.78, 5) is 22.2. The van der Waals surface area contributed by atoms with E-state index in [1.165, 1.54) is 6.92 Å². The first kappa shape index (κ1) is 13.7. The third-order valence-corrected chi connectivity index (χ3v) is 2.53. The molecule has 4 N–H and O–H groups in total. The van der Waals surface area contributed by atoms with Gasteiger partial charge in [0.25, 0.3) is 0 Å². The van der Waals surface area contributed by atoms with Gasteiger partial charge in [-0.25, -0.2) is 9.59 Å². The van der Waals surface area contributed by atoms with Crippen LogP contribution in [-0.2, 0) is 9.53 Å². The van der Waals surface area contributed by atoms with Gasteiger partial charge in [-0.3, -0.25) is 0 Å². The summed E-state index contributed by atoms with van der Waals surface area (Å²) < 4.78 is 5.17. The average Bonchev–Trinajstić information content (AvgIpc) is 2.26. The Hall–Kier alpha value is -1.34. The van der Waals surface area contributed by atoms with Gasteiger partial charge in [0.2, 0.25) is 0 Å². The minimum Gasteiger partial charge on any atom is -0.480 e. The number of aliphatic carboxylic acids is 1. The average molecular weight is 246 g/mol. The lowest BCUT2D eigenvalue weighted by Gasteiger charge is -2.24. The molecule has 1 fully saturated rings. The third-order valence-electron chi connectivity index (χ3n) is 2.53. The summed E-state index contributed by atoms with van der Waals surface area (Å²) in [6.45, 7) is 2.42. The number of aliphatic hydroxyl groups excluding tert-OH is 1. The largest absolute Gasteiger partial charge is 0.480 e. The monoisotopic (exact) mass is 246 g/mol. The Bertz CT molecular complexity index is 276. The van der Waals surface area contributed by atoms with Crippen LogP contribution in [0.1, 0.15) is 19.8 Å². The van der Waals surface area contributed by atoms with Crippen LogP contribution < -0.4 is 10.6 Å². The summed E-state index contributed by atoms with van der Waals surface area (Å²) in [5.74, 6) is -1.27. The van der Waals surface area contributed by atoms with Gasteiger partial charge in [-0.1, -0.05) is 0 Å². The molecule has 0 aromatic rings. The molecule has 1 rings (SSSR count). The SMILES string of the molecule is CC(O)C(NC(=O)NC1CCCOC1)C(=O)O. The predicted octanol–water partition coefficient (Wildman–Crippen LogP) is -0.701. The van der Waals surface area contributed by atoms with Gasteiger partial charge >= 0.3 is 12.0 Å². The van der Waals surface area contributed by atoms with Crippen LogP contribution in [0, 0.1) is 0 Å². The van der Waals surface area contributed by atoms with E-state index in [2.05, 4.69) is 10.6 Å². The Morgan fingerprint density at radius 3 is 2.65 bits per heavy atom. The maximum atomic E-state index is 11.5. The van der Waals surface area contributed by atoms with Crippen molar-refractivity contribution in [3.63, 3.8) is 0 Å². The number of amides is 2. The van der Waals surface area contributed by atoms with E-state index < -0.39 is 24.1 Å². The summed E-state index contributed by atoms with van der Waals surface area (Å²) in [5.41, 5.74) is 0. The molecule has 1 heterocycles. The lowest BCUT2D eigenvalue weighted by atomic mass is 10.1. The molecule has 1 saturated heterocycles. The van der Waals surface area contributed by atoms with Crippen LogP contribution in [0.5, 0.6) is 0 Å². The van der Waals surface area contributed by atoms with Gasteiger partial charge in [0, 0.05) is 6.61 Å². The van der Waals surface area contributed by atoms with E-state index >= 15 is 0 Å². The number of hydrogen-bond acceptors (Lipinski definition) is 4. The van der Waals surface area contributed by atoms with Crippen LogP contribution in [0.25, 0.3) is 0 Å². The zero-order chi connectivity index (χ0) is 12.8. The van der Waals surface area contributed by atoms with Crippen molar-refractivity contribution >= 4 is 12.0 Å². The van der Waals surface area contributed by atoms with E-state index in [0.29, 0.717) is 13.2 Å². The van der Waals surface area contributed by atoms with Gasteiger partial charge in [0.15, 0.2) is 6.04 Å². The second kappa shape index (κ2) is 6.41. The normalized spacial score (nSPS) is 23.5. The number of carboxylic acids is 1. The second-order valence-electron chi connectivity index (χ2n) is 4.09. The molecule has 0 aliphatic carbocycles. The number of carbonyl (C=O) groups is 2. The molecule has 7 nitrogen and oxygen atoms in total. The van der Waals surface area contributed by atoms with Crippen molar-refractivity contribution in [1.82, 2.24) is 10.6 Å². The third kappa shape index (κ3) is 4.58. The fourth-order valence-corrected chi connectivity index (χ4v) is 1.61. The van der Waals surface area contributed by atoms with Crippen molar-refractivity contribution in [1.29, 1.82) is 0 Å². The number of ether oxygens (including phenoxy) is 1. The fourth-order valence-electron chi connectivity index (χ4n) is 1.61. The summed E-state index contributed by atoms with van der Waals surface area (Å²) in [6, 6.07) is -2.01. The number of carbonyl (C=O) groups excluding carboxylic acids is 1. The van der Waals surface area contributed by atoms with Gasteiger partial charge in [0.1, 0.15) is 0 Å². The highest BCUT2D eigenvalue weighted by Gasteiger charge is 2.26. The molecule has 17 heavy (non-hydrogen) atoms. The molecule has 1 aliphatic heterocycles. The molecule has 7 heteroatoms. The molecular weight excluding hydrogens is 228 g/mol. The molecule has 0 bridgehead atoms. The van der Waals surface area contributed by atoms with Crippen LogP contribution in [0.15, 0.2) is 0 Å². The molecule has 2 amide bonds. The highest BCUT2D eigenvalue weighted by atomic mass is 16.5. The van der Waals surface area contributed by atoms with Gasteiger partial charge in [-0.05, 0) is 19.8 Å². The number of rotatable bonds is 4. The quantitative estimate of drug-likeness (QED) is 0.524. The first-order valence-corrected chi connectivity index (χ1v) is 5.56. The molecule has 0 aromatic carbocycles. The Labute approximate surface area is 99.1 Å². The number of nitrogens with one attached hydrogen (secondary N) is 2. The maximum Gasteiger partial charge on any atom is 0.328 e. The smallest absolute Gasteiger partial charge is 0.328 e. The zero-order valence-corrected chi connectivity index (χ0v) is 9.68. The summed E-state index contributed by atoms with van der Waals surface area (Å²) in [7, 11) is 0. The van der Waals surface area contributed by atoms with Crippen molar-refractivity contribution in [3.8, 4) is 0 Å². The Morgan fingerprint density at radius 2 is 2.18 bits per heavy atom. The standard InChI is InChI=1S/C10H18N2O5/c1-6(13)8(9(14)15)12-10(16)11-7-3-2-4-17-5-7/h6-8,13H,2-5H2,1H3,(H,14,15)(H2,11,12,16). The van der Waals surface area contributed by atoms with Gasteiger partial charge in [-0.15, -0.1) is 0 Å². The highest BCUT2D eigenvalue weighted by molar-refractivity contribution is 5.83. The van der Waals surface area contributed by atoms with Crippen molar-refractivity contribution in [2.45, 2.75) is 38.0 Å². The number of carboxylic acid groups (broad SMARTS) is 1. The Morgan fingerprint density at radius 1 is 1.47 bits per heavy atom. The van der Waals surface area contributed by atoms with Crippen molar-refractivity contribution in [3.05, 3.63) is 0 Å². The minimum atomic E-state index is -1.31. The van der Waals surface area contributed by atoms with Crippen LogP contribution in [0.3, 0.4) is 0 Å². The van der Waals surface area contributed by atoms with Crippen molar-refractivity contribution < 1.29 is 24.5 Å². The molecular formula is C10H18N2O5. The number of hydrogen-bond donors (Lipinski definition) is 4. The van der Waals surface area contributed by atoms with E-state index in [1.807, 2.05) is 0 Å². The molecule has 3 unspecified atom stereocenters. The number of aliphatic hydroxyl groups is 1. The molecule has 0 radical (unpaired) electrons. The summed E-state index contributed by atoms with van der Waals surface area (Å²) in [5, 5.41) is 22.8. The van der Waals surface area contributed by atoms with Crippen LogP contribution in [0.2, 0.25) is 0 Å². The van der Waals surface area contributed by atoms with Gasteiger partial charge in [-0.2, -0.15) is 0 Å². The van der Waals surface area contributed by atoms with Crippen molar-refractivity contribution in [2.75, 3.05) is 13.2 Å².